The second-order valence-electron chi connectivity index (χ2n) is 4.34. The van der Waals surface area contributed by atoms with E-state index in [4.69, 9.17) is 4.74 Å². The summed E-state index contributed by atoms with van der Waals surface area (Å²) in [6, 6.07) is 2.41. The minimum Gasteiger partial charge on any atom is -0.468 e. The summed E-state index contributed by atoms with van der Waals surface area (Å²) < 4.78 is 6.70. The minimum atomic E-state index is -0.0642. The molecule has 1 aromatic heterocycles. The van der Waals surface area contributed by atoms with E-state index >= 15 is 0 Å². The van der Waals surface area contributed by atoms with Crippen LogP contribution < -0.4 is 15.6 Å². The highest BCUT2D eigenvalue weighted by Gasteiger charge is 2.08. The van der Waals surface area contributed by atoms with E-state index in [2.05, 4.69) is 24.1 Å². The van der Waals surface area contributed by atoms with E-state index in [1.807, 2.05) is 0 Å². The van der Waals surface area contributed by atoms with Crippen molar-refractivity contribution in [3.05, 3.63) is 22.1 Å². The number of ether oxygens (including phenoxy) is 1. The lowest BCUT2D eigenvalue weighted by Gasteiger charge is -2.16. The van der Waals surface area contributed by atoms with Crippen LogP contribution in [0.3, 0.4) is 0 Å². The van der Waals surface area contributed by atoms with Gasteiger partial charge in [-0.25, -0.2) is 4.98 Å². The number of nitrogens with zero attached hydrogens (tertiary/aromatic N) is 2. The third-order valence-corrected chi connectivity index (χ3v) is 3.04. The van der Waals surface area contributed by atoms with Gasteiger partial charge >= 0.3 is 0 Å². The van der Waals surface area contributed by atoms with Crippen molar-refractivity contribution >= 4 is 0 Å². The Hall–Kier alpha value is -1.36. The van der Waals surface area contributed by atoms with Crippen molar-refractivity contribution in [1.29, 1.82) is 0 Å². The van der Waals surface area contributed by atoms with E-state index < -0.39 is 0 Å². The van der Waals surface area contributed by atoms with Crippen molar-refractivity contribution in [2.45, 2.75) is 46.2 Å². The lowest BCUT2D eigenvalue weighted by atomic mass is 10.2. The van der Waals surface area contributed by atoms with Gasteiger partial charge in [0.1, 0.15) is 0 Å². The van der Waals surface area contributed by atoms with Gasteiger partial charge in [0.25, 0.3) is 11.6 Å². The molecular weight excluding hydrogens is 230 g/mol. The Kier molecular flexibility index (Phi) is 5.85. The third kappa shape index (κ3) is 3.84. The van der Waals surface area contributed by atoms with E-state index in [1.54, 1.807) is 11.5 Å². The van der Waals surface area contributed by atoms with Crippen LogP contribution >= 0.6 is 0 Å². The second-order valence-corrected chi connectivity index (χ2v) is 4.34. The fourth-order valence-electron chi connectivity index (χ4n) is 1.91. The van der Waals surface area contributed by atoms with Crippen molar-refractivity contribution in [1.82, 2.24) is 14.9 Å². The monoisotopic (exact) mass is 253 g/mol. The predicted molar refractivity (Wildman–Crippen MR) is 72.2 cm³/mol. The van der Waals surface area contributed by atoms with Crippen LogP contribution in [0.5, 0.6) is 6.01 Å². The standard InChI is InChI=1S/C13H23N3O2/c1-5-11(6-2)14-7-8-16-12(17)9-10(3)15-13(16)18-4/h9,11,14H,5-8H2,1-4H3. The van der Waals surface area contributed by atoms with Crippen LogP contribution in [0.4, 0.5) is 0 Å². The van der Waals surface area contributed by atoms with Gasteiger partial charge in [0.15, 0.2) is 0 Å². The molecule has 0 atom stereocenters. The van der Waals surface area contributed by atoms with Gasteiger partial charge in [0.2, 0.25) is 0 Å². The quantitative estimate of drug-likeness (QED) is 0.796. The number of hydrogen-bond donors (Lipinski definition) is 1. The molecule has 0 fully saturated rings. The Morgan fingerprint density at radius 3 is 2.67 bits per heavy atom. The van der Waals surface area contributed by atoms with E-state index in [0.29, 0.717) is 24.3 Å². The van der Waals surface area contributed by atoms with Crippen LogP contribution in [0.1, 0.15) is 32.4 Å². The third-order valence-electron chi connectivity index (χ3n) is 3.04. The summed E-state index contributed by atoms with van der Waals surface area (Å²) in [5.41, 5.74) is 0.617. The van der Waals surface area contributed by atoms with Gasteiger partial charge < -0.3 is 10.1 Å². The molecule has 1 rings (SSSR count). The average Bonchev–Trinajstić information content (AvgIpc) is 2.36. The van der Waals surface area contributed by atoms with Gasteiger partial charge in [-0.1, -0.05) is 13.8 Å². The SMILES string of the molecule is CCC(CC)NCCn1c(OC)nc(C)cc1=O. The first-order valence-corrected chi connectivity index (χ1v) is 6.48. The van der Waals surface area contributed by atoms with E-state index in [0.717, 1.165) is 19.4 Å². The first-order chi connectivity index (χ1) is 8.62. The number of hydrogen-bond acceptors (Lipinski definition) is 4. The summed E-state index contributed by atoms with van der Waals surface area (Å²) in [4.78, 5) is 16.1. The highest BCUT2D eigenvalue weighted by Crippen LogP contribution is 2.04. The van der Waals surface area contributed by atoms with Gasteiger partial charge in [-0.05, 0) is 19.8 Å². The van der Waals surface area contributed by atoms with Crippen molar-refractivity contribution in [3.63, 3.8) is 0 Å². The van der Waals surface area contributed by atoms with Gasteiger partial charge in [0.05, 0.1) is 7.11 Å². The van der Waals surface area contributed by atoms with Gasteiger partial charge in [-0.2, -0.15) is 0 Å². The molecule has 0 unspecified atom stereocenters. The minimum absolute atomic E-state index is 0.0642. The molecule has 0 saturated carbocycles. The van der Waals surface area contributed by atoms with Crippen molar-refractivity contribution < 1.29 is 4.74 Å². The first-order valence-electron chi connectivity index (χ1n) is 6.48. The zero-order chi connectivity index (χ0) is 13.5. The van der Waals surface area contributed by atoms with Crippen molar-refractivity contribution in [2.24, 2.45) is 0 Å². The van der Waals surface area contributed by atoms with Gasteiger partial charge in [0, 0.05) is 30.9 Å². The van der Waals surface area contributed by atoms with Crippen LogP contribution in [0.25, 0.3) is 0 Å². The molecule has 0 aliphatic heterocycles. The Morgan fingerprint density at radius 2 is 2.11 bits per heavy atom. The molecule has 0 bridgehead atoms. The molecule has 1 aromatic rings. The molecule has 0 radical (unpaired) electrons. The molecule has 0 aromatic carbocycles. The summed E-state index contributed by atoms with van der Waals surface area (Å²) in [6.07, 6.45) is 2.18. The molecule has 5 heteroatoms. The Balaban J connectivity index is 2.70. The summed E-state index contributed by atoms with van der Waals surface area (Å²) >= 11 is 0. The normalized spacial score (nSPS) is 10.9. The molecule has 0 aliphatic carbocycles. The maximum absolute atomic E-state index is 11.8. The lowest BCUT2D eigenvalue weighted by Crippen LogP contribution is -2.33. The number of aryl methyl sites for hydroxylation is 1. The summed E-state index contributed by atoms with van der Waals surface area (Å²) in [5.74, 6) is 0. The molecule has 18 heavy (non-hydrogen) atoms. The molecule has 1 heterocycles. The molecule has 102 valence electrons. The molecular formula is C13H23N3O2. The Morgan fingerprint density at radius 1 is 1.44 bits per heavy atom. The fourth-order valence-corrected chi connectivity index (χ4v) is 1.91. The Bertz CT molecular complexity index is 425. The first kappa shape index (κ1) is 14.7. The van der Waals surface area contributed by atoms with Gasteiger partial charge in [-0.3, -0.25) is 9.36 Å². The summed E-state index contributed by atoms with van der Waals surface area (Å²) in [7, 11) is 1.53. The molecule has 0 saturated heterocycles. The molecule has 0 amide bonds. The van der Waals surface area contributed by atoms with Crippen LogP contribution in [0, 0.1) is 6.92 Å². The van der Waals surface area contributed by atoms with Crippen LogP contribution in [0.2, 0.25) is 0 Å². The average molecular weight is 253 g/mol. The maximum atomic E-state index is 11.8. The number of rotatable bonds is 7. The summed E-state index contributed by atoms with van der Waals surface area (Å²) in [5, 5.41) is 3.42. The molecule has 1 N–H and O–H groups in total. The number of methoxy groups -OCH3 is 1. The van der Waals surface area contributed by atoms with Crippen LogP contribution in [-0.2, 0) is 6.54 Å². The smallest absolute Gasteiger partial charge is 0.299 e. The molecule has 0 spiro atoms. The second kappa shape index (κ2) is 7.16. The summed E-state index contributed by atoms with van der Waals surface area (Å²) in [6.45, 7) is 7.42. The zero-order valence-corrected chi connectivity index (χ0v) is 11.7. The number of aromatic nitrogens is 2. The molecule has 5 nitrogen and oxygen atoms in total. The largest absolute Gasteiger partial charge is 0.468 e. The van der Waals surface area contributed by atoms with Crippen molar-refractivity contribution in [2.75, 3.05) is 13.7 Å². The molecule has 0 aliphatic rings. The highest BCUT2D eigenvalue weighted by atomic mass is 16.5. The maximum Gasteiger partial charge on any atom is 0.299 e. The Labute approximate surface area is 108 Å². The fraction of sp³-hybridized carbons (Fsp3) is 0.692. The van der Waals surface area contributed by atoms with E-state index in [-0.39, 0.29) is 5.56 Å². The van der Waals surface area contributed by atoms with Crippen molar-refractivity contribution in [3.8, 4) is 6.01 Å². The predicted octanol–water partition coefficient (Wildman–Crippen LogP) is 1.34. The topological polar surface area (TPSA) is 56.1 Å². The van der Waals surface area contributed by atoms with E-state index in [9.17, 15) is 4.79 Å². The lowest BCUT2D eigenvalue weighted by molar-refractivity contribution is 0.339. The van der Waals surface area contributed by atoms with Crippen LogP contribution in [-0.4, -0.2) is 29.2 Å². The van der Waals surface area contributed by atoms with Gasteiger partial charge in [-0.15, -0.1) is 0 Å². The number of nitrogens with one attached hydrogen (secondary N) is 1. The van der Waals surface area contributed by atoms with E-state index in [1.165, 1.54) is 13.2 Å². The zero-order valence-electron chi connectivity index (χ0n) is 11.7. The highest BCUT2D eigenvalue weighted by molar-refractivity contribution is 5.06. The van der Waals surface area contributed by atoms with Crippen LogP contribution in [0.15, 0.2) is 10.9 Å².